The number of aliphatic hydroxyl groups excluding tert-OH is 5. The van der Waals surface area contributed by atoms with Crippen LogP contribution in [-0.2, 0) is 11.2 Å². The van der Waals surface area contributed by atoms with Crippen molar-refractivity contribution in [2.24, 2.45) is 0 Å². The van der Waals surface area contributed by atoms with Crippen LogP contribution < -0.4 is 9.47 Å². The predicted molar refractivity (Wildman–Crippen MR) is 104 cm³/mol. The Morgan fingerprint density at radius 1 is 0.935 bits per heavy atom. The summed E-state index contributed by atoms with van der Waals surface area (Å²) in [6.07, 6.45) is -8.89. The Kier molecular flexibility index (Phi) is 5.93. The van der Waals surface area contributed by atoms with Gasteiger partial charge in [0.25, 0.3) is 0 Å². The van der Waals surface area contributed by atoms with Gasteiger partial charge in [-0.15, -0.1) is 0 Å². The molecule has 31 heavy (non-hydrogen) atoms. The molecule has 2 aromatic carbocycles. The summed E-state index contributed by atoms with van der Waals surface area (Å²) in [6, 6.07) is 8.85. The fourth-order valence-electron chi connectivity index (χ4n) is 3.77. The lowest BCUT2D eigenvalue weighted by molar-refractivity contribution is -0.277. The first kappa shape index (κ1) is 21.6. The second-order valence-corrected chi connectivity index (χ2v) is 7.64. The zero-order valence-corrected chi connectivity index (χ0v) is 16.3. The Balaban J connectivity index is 1.58. The van der Waals surface area contributed by atoms with E-state index in [1.807, 2.05) is 0 Å². The second-order valence-electron chi connectivity index (χ2n) is 7.64. The number of rotatable bonds is 4. The highest BCUT2D eigenvalue weighted by Gasteiger charge is 2.45. The average molecular weight is 436 g/mol. The highest BCUT2D eigenvalue weighted by atomic mass is 16.7. The number of aromatic hydroxyl groups is 2. The molecule has 0 bridgehead atoms. The van der Waals surface area contributed by atoms with Crippen molar-refractivity contribution in [2.75, 3.05) is 6.61 Å². The minimum atomic E-state index is -1.61. The van der Waals surface area contributed by atoms with E-state index in [4.69, 9.17) is 14.2 Å². The maximum absolute atomic E-state index is 10.5. The van der Waals surface area contributed by atoms with E-state index in [-0.39, 0.29) is 29.4 Å². The molecule has 7 atom stereocenters. The first-order valence-corrected chi connectivity index (χ1v) is 9.75. The molecule has 10 heteroatoms. The normalized spacial score (nSPS) is 32.7. The molecule has 10 nitrogen and oxygen atoms in total. The fraction of sp³-hybridized carbons (Fsp3) is 0.429. The maximum atomic E-state index is 10.5. The Hall–Kier alpha value is -2.60. The third-order valence-electron chi connectivity index (χ3n) is 5.50. The number of phenols is 2. The molecule has 2 heterocycles. The van der Waals surface area contributed by atoms with E-state index < -0.39 is 49.5 Å². The fourth-order valence-corrected chi connectivity index (χ4v) is 3.77. The Labute approximate surface area is 177 Å². The predicted octanol–water partition coefficient (Wildman–Crippen LogP) is -0.686. The van der Waals surface area contributed by atoms with Gasteiger partial charge in [0, 0.05) is 24.1 Å². The number of ether oxygens (including phenoxy) is 3. The standard InChI is InChI=1S/C21H24O10/c22-8-16-17(26)18(27)19(28)21(31-16)29-11-5-13(24)12-7-14(25)20(30-15(12)6-11)9-1-3-10(23)4-2-9/h1-6,14,16-28H,7-8H2/t14?,16-,17-,18+,19-,20?,21-/m1/s1. The lowest BCUT2D eigenvalue weighted by atomic mass is 9.94. The molecule has 0 aromatic heterocycles. The second kappa shape index (κ2) is 8.50. The van der Waals surface area contributed by atoms with Gasteiger partial charge in [-0.25, -0.2) is 0 Å². The van der Waals surface area contributed by atoms with Crippen LogP contribution >= 0.6 is 0 Å². The third-order valence-corrected chi connectivity index (χ3v) is 5.50. The topological polar surface area (TPSA) is 169 Å². The van der Waals surface area contributed by atoms with Crippen molar-refractivity contribution in [3.05, 3.63) is 47.5 Å². The van der Waals surface area contributed by atoms with E-state index in [0.29, 0.717) is 11.1 Å². The highest BCUT2D eigenvalue weighted by molar-refractivity contribution is 5.52. The summed E-state index contributed by atoms with van der Waals surface area (Å²) in [5.74, 6) is 0.145. The van der Waals surface area contributed by atoms with Crippen molar-refractivity contribution in [2.45, 2.75) is 49.3 Å². The monoisotopic (exact) mass is 436 g/mol. The first-order valence-electron chi connectivity index (χ1n) is 9.75. The van der Waals surface area contributed by atoms with Gasteiger partial charge in [-0.1, -0.05) is 12.1 Å². The molecular formula is C21H24O10. The van der Waals surface area contributed by atoms with Crippen molar-refractivity contribution in [1.82, 2.24) is 0 Å². The smallest absolute Gasteiger partial charge is 0.229 e. The summed E-state index contributed by atoms with van der Waals surface area (Å²) in [5.41, 5.74) is 0.986. The molecule has 0 radical (unpaired) electrons. The van der Waals surface area contributed by atoms with Gasteiger partial charge in [0.2, 0.25) is 6.29 Å². The first-order chi connectivity index (χ1) is 14.8. The largest absolute Gasteiger partial charge is 0.508 e. The molecule has 1 saturated heterocycles. The zero-order valence-electron chi connectivity index (χ0n) is 16.3. The molecule has 1 fully saturated rings. The van der Waals surface area contributed by atoms with Gasteiger partial charge >= 0.3 is 0 Å². The van der Waals surface area contributed by atoms with Gasteiger partial charge in [0.15, 0.2) is 0 Å². The third kappa shape index (κ3) is 4.13. The molecule has 2 aliphatic rings. The molecular weight excluding hydrogens is 412 g/mol. The van der Waals surface area contributed by atoms with Gasteiger partial charge in [0.05, 0.1) is 12.7 Å². The van der Waals surface area contributed by atoms with E-state index in [0.717, 1.165) is 0 Å². The molecule has 2 aromatic rings. The van der Waals surface area contributed by atoms with Crippen LogP contribution in [0.2, 0.25) is 0 Å². The van der Waals surface area contributed by atoms with Crippen LogP contribution in [0.5, 0.6) is 23.0 Å². The summed E-state index contributed by atoms with van der Waals surface area (Å²) >= 11 is 0. The number of hydrogen-bond acceptors (Lipinski definition) is 10. The average Bonchev–Trinajstić information content (AvgIpc) is 2.75. The Bertz CT molecular complexity index is 915. The van der Waals surface area contributed by atoms with Crippen LogP contribution in [0.1, 0.15) is 17.2 Å². The lowest BCUT2D eigenvalue weighted by Crippen LogP contribution is -2.60. The van der Waals surface area contributed by atoms with Gasteiger partial charge in [0.1, 0.15) is 53.5 Å². The lowest BCUT2D eigenvalue weighted by Gasteiger charge is -2.39. The molecule has 168 valence electrons. The van der Waals surface area contributed by atoms with Crippen LogP contribution in [-0.4, -0.2) is 79.2 Å². The summed E-state index contributed by atoms with van der Waals surface area (Å²) in [5, 5.41) is 69.6. The highest BCUT2D eigenvalue weighted by Crippen LogP contribution is 2.42. The van der Waals surface area contributed by atoms with Crippen LogP contribution in [0.4, 0.5) is 0 Å². The minimum absolute atomic E-state index is 0.0430. The van der Waals surface area contributed by atoms with Crippen LogP contribution in [0.25, 0.3) is 0 Å². The van der Waals surface area contributed by atoms with E-state index in [2.05, 4.69) is 0 Å². The summed E-state index contributed by atoms with van der Waals surface area (Å²) in [7, 11) is 0. The van der Waals surface area contributed by atoms with Gasteiger partial charge in [-0.2, -0.15) is 0 Å². The number of phenolic OH excluding ortho intramolecular Hbond substituents is 2. The van der Waals surface area contributed by atoms with E-state index >= 15 is 0 Å². The SMILES string of the molecule is OC[C@H]1O[C@@H](Oc2cc(O)c3c(c2)OC(c2ccc(O)cc2)C(O)C3)[C@H](O)[C@@H](O)[C@@H]1O. The number of aliphatic hydroxyl groups is 5. The zero-order chi connectivity index (χ0) is 22.3. The van der Waals surface area contributed by atoms with Crippen molar-refractivity contribution in [3.63, 3.8) is 0 Å². The minimum Gasteiger partial charge on any atom is -0.508 e. The number of benzene rings is 2. The molecule has 0 spiro atoms. The van der Waals surface area contributed by atoms with Crippen LogP contribution in [0.15, 0.2) is 36.4 Å². The number of fused-ring (bicyclic) bond motifs is 1. The molecule has 4 rings (SSSR count). The molecule has 0 amide bonds. The van der Waals surface area contributed by atoms with Crippen molar-refractivity contribution >= 4 is 0 Å². The van der Waals surface area contributed by atoms with Crippen molar-refractivity contribution in [1.29, 1.82) is 0 Å². The molecule has 2 unspecified atom stereocenters. The van der Waals surface area contributed by atoms with Gasteiger partial charge < -0.3 is 50.0 Å². The molecule has 2 aliphatic heterocycles. The maximum Gasteiger partial charge on any atom is 0.229 e. The number of hydrogen-bond donors (Lipinski definition) is 7. The summed E-state index contributed by atoms with van der Waals surface area (Å²) in [6.45, 7) is -0.602. The van der Waals surface area contributed by atoms with Gasteiger partial charge in [-0.05, 0) is 17.7 Å². The molecule has 0 aliphatic carbocycles. The molecule has 0 saturated carbocycles. The quantitative estimate of drug-likeness (QED) is 0.326. The van der Waals surface area contributed by atoms with E-state index in [1.165, 1.54) is 24.3 Å². The van der Waals surface area contributed by atoms with Crippen LogP contribution in [0, 0.1) is 0 Å². The van der Waals surface area contributed by atoms with Crippen molar-refractivity contribution in [3.8, 4) is 23.0 Å². The van der Waals surface area contributed by atoms with E-state index in [9.17, 15) is 35.7 Å². The van der Waals surface area contributed by atoms with Crippen LogP contribution in [0.3, 0.4) is 0 Å². The summed E-state index contributed by atoms with van der Waals surface area (Å²) in [4.78, 5) is 0. The molecule has 7 N–H and O–H groups in total. The van der Waals surface area contributed by atoms with E-state index in [1.54, 1.807) is 12.1 Å². The van der Waals surface area contributed by atoms with Gasteiger partial charge in [-0.3, -0.25) is 0 Å². The Morgan fingerprint density at radius 2 is 1.65 bits per heavy atom. The Morgan fingerprint density at radius 3 is 2.32 bits per heavy atom. The summed E-state index contributed by atoms with van der Waals surface area (Å²) < 4.78 is 16.8. The van der Waals surface area contributed by atoms with Crippen molar-refractivity contribution < 1.29 is 50.0 Å².